The SMILES string of the molecule is Cc1ccc(-c2cc(OC(=O)N(C)c3ccc(F)c(F)c3)nc(Nc3ccc(OCCCN4CCCCC4)c(F)c3)n2)c(C)c1C. The van der Waals surface area contributed by atoms with E-state index < -0.39 is 23.5 Å². The number of aromatic nitrogens is 2. The van der Waals surface area contributed by atoms with Gasteiger partial charge >= 0.3 is 6.09 Å². The minimum atomic E-state index is -1.10. The lowest BCUT2D eigenvalue weighted by Crippen LogP contribution is -2.31. The Balaban J connectivity index is 1.35. The van der Waals surface area contributed by atoms with Crippen molar-refractivity contribution in [2.24, 2.45) is 0 Å². The number of likely N-dealkylation sites (tertiary alicyclic amines) is 1. The third-order valence-corrected chi connectivity index (χ3v) is 8.31. The molecule has 0 saturated carbocycles. The number of hydrogen-bond donors (Lipinski definition) is 1. The van der Waals surface area contributed by atoms with Crippen molar-refractivity contribution in [2.45, 2.75) is 46.5 Å². The summed E-state index contributed by atoms with van der Waals surface area (Å²) in [5.41, 5.74) is 4.88. The number of aryl methyl sites for hydroxylation is 1. The molecule has 1 N–H and O–H groups in total. The summed E-state index contributed by atoms with van der Waals surface area (Å²) in [7, 11) is 1.36. The topological polar surface area (TPSA) is 79.8 Å². The quantitative estimate of drug-likeness (QED) is 0.177. The molecule has 242 valence electrons. The number of amides is 1. The fourth-order valence-electron chi connectivity index (χ4n) is 5.34. The molecule has 5 rings (SSSR count). The number of nitrogens with zero attached hydrogens (tertiary/aromatic N) is 4. The zero-order valence-corrected chi connectivity index (χ0v) is 26.5. The first-order valence-corrected chi connectivity index (χ1v) is 15.4. The molecule has 46 heavy (non-hydrogen) atoms. The van der Waals surface area contributed by atoms with Crippen LogP contribution in [-0.2, 0) is 0 Å². The molecule has 2 heterocycles. The Hall–Kier alpha value is -4.64. The predicted octanol–water partition coefficient (Wildman–Crippen LogP) is 8.12. The summed E-state index contributed by atoms with van der Waals surface area (Å²) in [5.74, 6) is -2.56. The van der Waals surface area contributed by atoms with E-state index in [4.69, 9.17) is 9.47 Å². The summed E-state index contributed by atoms with van der Waals surface area (Å²) in [5, 5.41) is 3.01. The van der Waals surface area contributed by atoms with Gasteiger partial charge in [-0.3, -0.25) is 4.90 Å². The lowest BCUT2D eigenvalue weighted by molar-refractivity contribution is 0.203. The lowest BCUT2D eigenvalue weighted by atomic mass is 9.97. The Bertz CT molecular complexity index is 1710. The van der Waals surface area contributed by atoms with E-state index in [9.17, 15) is 13.6 Å². The number of rotatable bonds is 10. The molecule has 0 aliphatic carbocycles. The van der Waals surface area contributed by atoms with Gasteiger partial charge in [0.15, 0.2) is 23.2 Å². The second kappa shape index (κ2) is 14.6. The minimum absolute atomic E-state index is 0.0583. The molecule has 1 aliphatic heterocycles. The van der Waals surface area contributed by atoms with Gasteiger partial charge in [0.05, 0.1) is 12.3 Å². The van der Waals surface area contributed by atoms with Crippen LogP contribution >= 0.6 is 0 Å². The smallest absolute Gasteiger partial charge is 0.420 e. The molecule has 1 aliphatic rings. The van der Waals surface area contributed by atoms with E-state index in [1.165, 1.54) is 44.5 Å². The first-order chi connectivity index (χ1) is 22.1. The number of piperidine rings is 1. The van der Waals surface area contributed by atoms with Crippen LogP contribution in [0.1, 0.15) is 42.4 Å². The van der Waals surface area contributed by atoms with Gasteiger partial charge in [-0.05, 0) is 94.1 Å². The highest BCUT2D eigenvalue weighted by molar-refractivity contribution is 5.88. The summed E-state index contributed by atoms with van der Waals surface area (Å²) in [4.78, 5) is 25.4. The van der Waals surface area contributed by atoms with Crippen LogP contribution in [0.2, 0.25) is 0 Å². The summed E-state index contributed by atoms with van der Waals surface area (Å²) >= 11 is 0. The second-order valence-electron chi connectivity index (χ2n) is 11.5. The number of halogens is 3. The maximum absolute atomic E-state index is 15.0. The molecule has 0 unspecified atom stereocenters. The van der Waals surface area contributed by atoms with E-state index in [1.54, 1.807) is 12.1 Å². The molecule has 1 amide bonds. The first-order valence-electron chi connectivity index (χ1n) is 15.4. The van der Waals surface area contributed by atoms with Crippen molar-refractivity contribution in [2.75, 3.05) is 43.5 Å². The van der Waals surface area contributed by atoms with Gasteiger partial charge in [0.25, 0.3) is 0 Å². The third kappa shape index (κ3) is 7.95. The standard InChI is InChI=1S/C35H38F3N5O3/c1-22-9-12-27(24(3)23(22)2)31-21-33(46-35(44)42(4)26-11-13-28(36)29(37)20-26)41-34(40-31)39-25-10-14-32(30(38)19-25)45-18-8-17-43-15-6-5-7-16-43/h9-14,19-21H,5-8,15-18H2,1-4H3,(H,39,40,41). The van der Waals surface area contributed by atoms with Crippen molar-refractivity contribution in [1.82, 2.24) is 14.9 Å². The summed E-state index contributed by atoms with van der Waals surface area (Å²) in [6.45, 7) is 9.53. The monoisotopic (exact) mass is 633 g/mol. The van der Waals surface area contributed by atoms with Crippen LogP contribution in [0.3, 0.4) is 0 Å². The van der Waals surface area contributed by atoms with Crippen molar-refractivity contribution in [3.8, 4) is 22.9 Å². The van der Waals surface area contributed by atoms with Gasteiger partial charge in [-0.1, -0.05) is 18.6 Å². The minimum Gasteiger partial charge on any atom is -0.490 e. The molecule has 0 radical (unpaired) electrons. The fourth-order valence-corrected chi connectivity index (χ4v) is 5.34. The Kier molecular flexibility index (Phi) is 10.4. The average Bonchev–Trinajstić information content (AvgIpc) is 3.04. The summed E-state index contributed by atoms with van der Waals surface area (Å²) in [6.07, 6.45) is 3.65. The van der Waals surface area contributed by atoms with Gasteiger partial charge in [-0.15, -0.1) is 0 Å². The average molecular weight is 634 g/mol. The molecule has 8 nitrogen and oxygen atoms in total. The number of benzene rings is 3. The molecular formula is C35H38F3N5O3. The zero-order valence-electron chi connectivity index (χ0n) is 26.5. The van der Waals surface area contributed by atoms with E-state index >= 15 is 4.39 Å². The molecule has 0 atom stereocenters. The maximum atomic E-state index is 15.0. The van der Waals surface area contributed by atoms with Crippen molar-refractivity contribution in [1.29, 1.82) is 0 Å². The van der Waals surface area contributed by atoms with E-state index in [0.717, 1.165) is 65.3 Å². The zero-order chi connectivity index (χ0) is 32.8. The Morgan fingerprint density at radius 2 is 1.67 bits per heavy atom. The van der Waals surface area contributed by atoms with Gasteiger partial charge in [0.2, 0.25) is 11.8 Å². The number of anilines is 3. The van der Waals surface area contributed by atoms with E-state index in [-0.39, 0.29) is 23.3 Å². The fraction of sp³-hybridized carbons (Fsp3) is 0.343. The van der Waals surface area contributed by atoms with Gasteiger partial charge in [0, 0.05) is 48.7 Å². The van der Waals surface area contributed by atoms with Crippen molar-refractivity contribution < 1.29 is 27.4 Å². The molecule has 3 aromatic carbocycles. The highest BCUT2D eigenvalue weighted by Crippen LogP contribution is 2.31. The third-order valence-electron chi connectivity index (χ3n) is 8.31. The van der Waals surface area contributed by atoms with Crippen LogP contribution in [0.4, 0.5) is 35.3 Å². The second-order valence-corrected chi connectivity index (χ2v) is 11.5. The van der Waals surface area contributed by atoms with Gasteiger partial charge < -0.3 is 19.7 Å². The molecule has 0 bridgehead atoms. The Morgan fingerprint density at radius 3 is 2.41 bits per heavy atom. The summed E-state index contributed by atoms with van der Waals surface area (Å²) in [6, 6.07) is 13.0. The molecule has 1 saturated heterocycles. The lowest BCUT2D eigenvalue weighted by Gasteiger charge is -2.26. The molecular weight excluding hydrogens is 595 g/mol. The number of carbonyl (C=O) groups excluding carboxylic acids is 1. The Labute approximate surface area is 267 Å². The largest absolute Gasteiger partial charge is 0.490 e. The van der Waals surface area contributed by atoms with E-state index in [2.05, 4.69) is 20.2 Å². The number of carbonyl (C=O) groups is 1. The van der Waals surface area contributed by atoms with Crippen LogP contribution in [-0.4, -0.2) is 54.2 Å². The molecule has 4 aromatic rings. The van der Waals surface area contributed by atoms with Crippen LogP contribution in [0, 0.1) is 38.2 Å². The van der Waals surface area contributed by atoms with Gasteiger partial charge in [-0.2, -0.15) is 4.98 Å². The maximum Gasteiger partial charge on any atom is 0.420 e. The highest BCUT2D eigenvalue weighted by atomic mass is 19.2. The normalized spacial score (nSPS) is 13.4. The highest BCUT2D eigenvalue weighted by Gasteiger charge is 2.19. The molecule has 1 aromatic heterocycles. The molecule has 0 spiro atoms. The van der Waals surface area contributed by atoms with Crippen LogP contribution in [0.5, 0.6) is 11.6 Å². The number of hydrogen-bond acceptors (Lipinski definition) is 7. The van der Waals surface area contributed by atoms with Crippen LogP contribution in [0.25, 0.3) is 11.3 Å². The van der Waals surface area contributed by atoms with E-state index in [1.807, 2.05) is 32.9 Å². The summed E-state index contributed by atoms with van der Waals surface area (Å²) < 4.78 is 53.6. The van der Waals surface area contributed by atoms with Crippen LogP contribution < -0.4 is 19.7 Å². The van der Waals surface area contributed by atoms with Crippen molar-refractivity contribution >= 4 is 23.4 Å². The van der Waals surface area contributed by atoms with E-state index in [0.29, 0.717) is 18.0 Å². The van der Waals surface area contributed by atoms with Gasteiger partial charge in [-0.25, -0.2) is 22.9 Å². The van der Waals surface area contributed by atoms with Crippen LogP contribution in [0.15, 0.2) is 54.6 Å². The number of nitrogens with one attached hydrogen (secondary N) is 1. The predicted molar refractivity (Wildman–Crippen MR) is 173 cm³/mol. The Morgan fingerprint density at radius 1 is 0.891 bits per heavy atom. The number of ether oxygens (including phenoxy) is 2. The van der Waals surface area contributed by atoms with Crippen molar-refractivity contribution in [3.05, 3.63) is 88.7 Å². The molecule has 1 fully saturated rings. The molecule has 11 heteroatoms. The van der Waals surface area contributed by atoms with Crippen molar-refractivity contribution in [3.63, 3.8) is 0 Å². The van der Waals surface area contributed by atoms with Gasteiger partial charge in [0.1, 0.15) is 0 Å². The first kappa shape index (κ1) is 32.7.